The van der Waals surface area contributed by atoms with Gasteiger partial charge in [-0.3, -0.25) is 0 Å². The zero-order valence-electron chi connectivity index (χ0n) is 7.58. The third-order valence-corrected chi connectivity index (χ3v) is 3.55. The molecule has 0 unspecified atom stereocenters. The van der Waals surface area contributed by atoms with Gasteiger partial charge in [-0.05, 0) is 28.1 Å². The highest BCUT2D eigenvalue weighted by atomic mass is 79.9. The summed E-state index contributed by atoms with van der Waals surface area (Å²) in [5, 5.41) is 9.47. The van der Waals surface area contributed by atoms with Crippen LogP contribution in [0.4, 0.5) is 4.39 Å². The van der Waals surface area contributed by atoms with Crippen molar-refractivity contribution in [1.82, 2.24) is 4.98 Å². The lowest BCUT2D eigenvalue weighted by molar-refractivity contribution is 0.285. The van der Waals surface area contributed by atoms with E-state index in [2.05, 4.69) is 20.9 Å². The van der Waals surface area contributed by atoms with Crippen LogP contribution in [0, 0.1) is 5.82 Å². The van der Waals surface area contributed by atoms with Gasteiger partial charge in [0.1, 0.15) is 10.8 Å². The Morgan fingerprint density at radius 3 is 2.87 bits per heavy atom. The van der Waals surface area contributed by atoms with Gasteiger partial charge in [-0.25, -0.2) is 9.37 Å². The van der Waals surface area contributed by atoms with Gasteiger partial charge in [0.25, 0.3) is 0 Å². The molecule has 2 aromatic rings. The summed E-state index contributed by atoms with van der Waals surface area (Å²) < 4.78 is 14.2. The summed E-state index contributed by atoms with van der Waals surface area (Å²) in [4.78, 5) is 4.79. The highest BCUT2D eigenvalue weighted by Gasteiger charge is 2.12. The van der Waals surface area contributed by atoms with Gasteiger partial charge in [0.05, 0.1) is 17.0 Å². The number of benzene rings is 1. The number of aliphatic hydroxyl groups excluding tert-OH is 1. The van der Waals surface area contributed by atoms with E-state index < -0.39 is 0 Å². The Kier molecular flexibility index (Phi) is 3.14. The van der Waals surface area contributed by atoms with Crippen LogP contribution in [0.25, 0.3) is 10.6 Å². The summed E-state index contributed by atoms with van der Waals surface area (Å²) in [5.41, 5.74) is 0.446. The first-order valence-corrected chi connectivity index (χ1v) is 5.83. The number of rotatable bonds is 2. The molecule has 0 atom stereocenters. The van der Waals surface area contributed by atoms with Gasteiger partial charge in [0.15, 0.2) is 0 Å². The number of thiazole rings is 1. The molecule has 0 fully saturated rings. The Balaban J connectivity index is 2.53. The first kappa shape index (κ1) is 10.7. The Hall–Kier alpha value is -0.780. The predicted molar refractivity (Wildman–Crippen MR) is 61.1 cm³/mol. The van der Waals surface area contributed by atoms with Gasteiger partial charge in [-0.1, -0.05) is 6.07 Å². The molecule has 0 amide bonds. The zero-order chi connectivity index (χ0) is 10.8. The molecule has 0 aliphatic heterocycles. The molecule has 0 saturated carbocycles. The fraction of sp³-hybridized carbons (Fsp3) is 0.100. The summed E-state index contributed by atoms with van der Waals surface area (Å²) in [7, 11) is 0. The first-order chi connectivity index (χ1) is 7.22. The lowest BCUT2D eigenvalue weighted by Crippen LogP contribution is -1.84. The van der Waals surface area contributed by atoms with Crippen LogP contribution in [-0.4, -0.2) is 10.1 Å². The maximum atomic E-state index is 13.5. The largest absolute Gasteiger partial charge is 0.391 e. The molecule has 0 spiro atoms. The maximum absolute atomic E-state index is 13.5. The monoisotopic (exact) mass is 287 g/mol. The smallest absolute Gasteiger partial charge is 0.134 e. The van der Waals surface area contributed by atoms with E-state index >= 15 is 0 Å². The van der Waals surface area contributed by atoms with E-state index in [-0.39, 0.29) is 12.4 Å². The molecular weight excluding hydrogens is 281 g/mol. The number of nitrogens with zero attached hydrogens (tertiary/aromatic N) is 1. The van der Waals surface area contributed by atoms with Gasteiger partial charge >= 0.3 is 0 Å². The van der Waals surface area contributed by atoms with Crippen molar-refractivity contribution in [3.05, 3.63) is 39.6 Å². The predicted octanol–water partition coefficient (Wildman–Crippen LogP) is 3.20. The van der Waals surface area contributed by atoms with E-state index in [1.54, 1.807) is 18.3 Å². The van der Waals surface area contributed by atoms with Crippen LogP contribution in [-0.2, 0) is 6.61 Å². The Bertz CT molecular complexity index is 466. The minimum Gasteiger partial charge on any atom is -0.391 e. The topological polar surface area (TPSA) is 33.1 Å². The van der Waals surface area contributed by atoms with Gasteiger partial charge in [-0.15, -0.1) is 11.3 Å². The standard InChI is InChI=1S/C10H7BrFNOS/c11-7-2-1-3-8(12)9(7)10-13-4-6(5-14)15-10/h1-4,14H,5H2. The normalized spacial score (nSPS) is 10.6. The molecule has 2 nitrogen and oxygen atoms in total. The average molecular weight is 288 g/mol. The third-order valence-electron chi connectivity index (χ3n) is 1.89. The number of aliphatic hydroxyl groups is 1. The molecule has 1 heterocycles. The van der Waals surface area contributed by atoms with Crippen molar-refractivity contribution in [2.75, 3.05) is 0 Å². The molecule has 1 aromatic carbocycles. The van der Waals surface area contributed by atoms with Crippen LogP contribution in [0.2, 0.25) is 0 Å². The summed E-state index contributed by atoms with van der Waals surface area (Å²) in [5.74, 6) is -0.316. The minimum atomic E-state index is -0.316. The number of aromatic nitrogens is 1. The number of hydrogen-bond acceptors (Lipinski definition) is 3. The Morgan fingerprint density at radius 1 is 1.47 bits per heavy atom. The molecule has 0 saturated heterocycles. The average Bonchev–Trinajstić information content (AvgIpc) is 2.66. The van der Waals surface area contributed by atoms with E-state index in [0.29, 0.717) is 15.0 Å². The minimum absolute atomic E-state index is 0.0657. The van der Waals surface area contributed by atoms with Crippen molar-refractivity contribution in [3.63, 3.8) is 0 Å². The van der Waals surface area contributed by atoms with Crippen LogP contribution < -0.4 is 0 Å². The third kappa shape index (κ3) is 2.09. The van der Waals surface area contributed by atoms with Gasteiger partial charge in [0, 0.05) is 10.7 Å². The van der Waals surface area contributed by atoms with Crippen LogP contribution in [0.15, 0.2) is 28.9 Å². The van der Waals surface area contributed by atoms with Crippen LogP contribution in [0.1, 0.15) is 4.88 Å². The van der Waals surface area contributed by atoms with Crippen LogP contribution in [0.3, 0.4) is 0 Å². The highest BCUT2D eigenvalue weighted by Crippen LogP contribution is 2.33. The van der Waals surface area contributed by atoms with E-state index in [4.69, 9.17) is 5.11 Å². The molecule has 0 aliphatic carbocycles. The van der Waals surface area contributed by atoms with E-state index in [9.17, 15) is 4.39 Å². The molecule has 78 valence electrons. The maximum Gasteiger partial charge on any atom is 0.134 e. The Morgan fingerprint density at radius 2 is 2.27 bits per heavy atom. The van der Waals surface area contributed by atoms with Crippen molar-refractivity contribution in [3.8, 4) is 10.6 Å². The summed E-state index contributed by atoms with van der Waals surface area (Å²) in [6, 6.07) is 4.78. The van der Waals surface area contributed by atoms with Gasteiger partial charge < -0.3 is 5.11 Å². The van der Waals surface area contributed by atoms with Crippen LogP contribution >= 0.6 is 27.3 Å². The second-order valence-corrected chi connectivity index (χ2v) is 4.86. The second kappa shape index (κ2) is 4.38. The van der Waals surface area contributed by atoms with Crippen molar-refractivity contribution in [2.45, 2.75) is 6.61 Å². The lowest BCUT2D eigenvalue weighted by atomic mass is 10.2. The summed E-state index contributed by atoms with van der Waals surface area (Å²) in [6.45, 7) is -0.0657. The molecular formula is C10H7BrFNOS. The molecule has 0 bridgehead atoms. The quantitative estimate of drug-likeness (QED) is 0.920. The van der Waals surface area contributed by atoms with E-state index in [1.807, 2.05) is 0 Å². The molecule has 1 aromatic heterocycles. The van der Waals surface area contributed by atoms with Crippen molar-refractivity contribution in [2.24, 2.45) is 0 Å². The van der Waals surface area contributed by atoms with Crippen molar-refractivity contribution in [1.29, 1.82) is 0 Å². The van der Waals surface area contributed by atoms with Crippen molar-refractivity contribution >= 4 is 27.3 Å². The zero-order valence-corrected chi connectivity index (χ0v) is 9.98. The highest BCUT2D eigenvalue weighted by molar-refractivity contribution is 9.10. The van der Waals surface area contributed by atoms with Crippen LogP contribution in [0.5, 0.6) is 0 Å². The van der Waals surface area contributed by atoms with E-state index in [1.165, 1.54) is 17.4 Å². The summed E-state index contributed by atoms with van der Waals surface area (Å²) >= 11 is 4.56. The second-order valence-electron chi connectivity index (χ2n) is 2.89. The molecule has 2 rings (SSSR count). The first-order valence-electron chi connectivity index (χ1n) is 4.22. The van der Waals surface area contributed by atoms with E-state index in [0.717, 1.165) is 4.88 Å². The summed E-state index contributed by atoms with van der Waals surface area (Å²) in [6.07, 6.45) is 1.55. The molecule has 0 radical (unpaired) electrons. The molecule has 1 N–H and O–H groups in total. The number of hydrogen-bond donors (Lipinski definition) is 1. The molecule has 15 heavy (non-hydrogen) atoms. The lowest BCUT2D eigenvalue weighted by Gasteiger charge is -2.01. The molecule has 5 heteroatoms. The number of halogens is 2. The van der Waals surface area contributed by atoms with Crippen molar-refractivity contribution < 1.29 is 9.50 Å². The fourth-order valence-electron chi connectivity index (χ4n) is 1.20. The molecule has 0 aliphatic rings. The fourth-order valence-corrected chi connectivity index (χ4v) is 2.69. The SMILES string of the molecule is OCc1cnc(-c2c(F)cccc2Br)s1. The Labute approximate surface area is 98.5 Å². The van der Waals surface area contributed by atoms with Gasteiger partial charge in [-0.2, -0.15) is 0 Å². The van der Waals surface area contributed by atoms with Gasteiger partial charge in [0.2, 0.25) is 0 Å².